The molecule has 0 heterocycles. The molecule has 0 N–H and O–H groups in total. The fraction of sp³-hybridized carbons (Fsp3) is 0.0345. The molecule has 0 aliphatic rings. The molecule has 0 bridgehead atoms. The van der Waals surface area contributed by atoms with Gasteiger partial charge in [0, 0.05) is 11.1 Å². The molecule has 0 spiro atoms. The van der Waals surface area contributed by atoms with Crippen LogP contribution in [0.1, 0.15) is 26.3 Å². The summed E-state index contributed by atoms with van der Waals surface area (Å²) in [6, 6.07) is 31.3. The number of rotatable bonds is 7. The van der Waals surface area contributed by atoms with Crippen LogP contribution >= 0.6 is 0 Å². The Morgan fingerprint density at radius 3 is 2.15 bits per heavy atom. The van der Waals surface area contributed by atoms with Crippen LogP contribution in [0.5, 0.6) is 11.5 Å². The Morgan fingerprint density at radius 1 is 0.697 bits per heavy atom. The van der Waals surface area contributed by atoms with Crippen LogP contribution in [0, 0.1) is 0 Å². The molecule has 4 heteroatoms. The zero-order valence-electron chi connectivity index (χ0n) is 18.1. The van der Waals surface area contributed by atoms with Gasteiger partial charge in [-0.05, 0) is 47.5 Å². The molecular weight excluding hydrogens is 412 g/mol. The number of methoxy groups -OCH3 is 1. The summed E-state index contributed by atoms with van der Waals surface area (Å²) in [6.45, 7) is 0. The van der Waals surface area contributed by atoms with Crippen molar-refractivity contribution in [1.29, 1.82) is 0 Å². The predicted octanol–water partition coefficient (Wildman–Crippen LogP) is 6.48. The van der Waals surface area contributed by atoms with E-state index in [2.05, 4.69) is 0 Å². The summed E-state index contributed by atoms with van der Waals surface area (Å²) in [7, 11) is 1.54. The lowest BCUT2D eigenvalue weighted by molar-refractivity contribution is 0.0734. The van der Waals surface area contributed by atoms with Gasteiger partial charge in [0.05, 0.1) is 12.7 Å². The van der Waals surface area contributed by atoms with E-state index in [4.69, 9.17) is 9.47 Å². The zero-order valence-corrected chi connectivity index (χ0v) is 18.1. The quantitative estimate of drug-likeness (QED) is 0.145. The summed E-state index contributed by atoms with van der Waals surface area (Å²) in [4.78, 5) is 25.3. The summed E-state index contributed by atoms with van der Waals surface area (Å²) in [6.07, 6.45) is 3.14. The molecule has 162 valence electrons. The highest BCUT2D eigenvalue weighted by Crippen LogP contribution is 2.23. The highest BCUT2D eigenvalue weighted by molar-refractivity contribution is 6.07. The van der Waals surface area contributed by atoms with Crippen molar-refractivity contribution < 1.29 is 19.1 Å². The summed E-state index contributed by atoms with van der Waals surface area (Å²) in [5.41, 5.74) is 3.73. The second kappa shape index (κ2) is 10.2. The Balaban J connectivity index is 1.48. The minimum Gasteiger partial charge on any atom is -0.497 e. The number of esters is 1. The van der Waals surface area contributed by atoms with Crippen LogP contribution in [-0.4, -0.2) is 18.9 Å². The molecule has 4 aromatic carbocycles. The van der Waals surface area contributed by atoms with Crippen molar-refractivity contribution in [2.45, 2.75) is 0 Å². The van der Waals surface area contributed by atoms with Crippen molar-refractivity contribution in [3.63, 3.8) is 0 Å². The number of carbonyl (C=O) groups is 2. The van der Waals surface area contributed by atoms with E-state index in [-0.39, 0.29) is 5.78 Å². The standard InChI is InChI=1S/C29H22O4/c1-32-26-12-7-11-25(20-26)29(31)33-28-13-6-5-10-24(28)18-19-27(30)23-16-14-22(15-17-23)21-8-3-2-4-9-21/h2-20H,1H3/b19-18+. The normalized spacial score (nSPS) is 10.7. The lowest BCUT2D eigenvalue weighted by atomic mass is 10.0. The lowest BCUT2D eigenvalue weighted by Crippen LogP contribution is -2.09. The molecule has 4 rings (SSSR count). The van der Waals surface area contributed by atoms with Gasteiger partial charge in [0.1, 0.15) is 11.5 Å². The van der Waals surface area contributed by atoms with Crippen LogP contribution in [-0.2, 0) is 0 Å². The van der Waals surface area contributed by atoms with E-state index < -0.39 is 5.97 Å². The Hall–Kier alpha value is -4.44. The van der Waals surface area contributed by atoms with Gasteiger partial charge in [-0.25, -0.2) is 4.79 Å². The average molecular weight is 434 g/mol. The number of carbonyl (C=O) groups excluding carboxylic acids is 2. The van der Waals surface area contributed by atoms with E-state index in [0.29, 0.717) is 28.2 Å². The first kappa shape index (κ1) is 21.8. The second-order valence-electron chi connectivity index (χ2n) is 7.30. The third-order valence-electron chi connectivity index (χ3n) is 5.12. The minimum absolute atomic E-state index is 0.136. The van der Waals surface area contributed by atoms with Crippen LogP contribution in [0.15, 0.2) is 109 Å². The number of benzene rings is 4. The number of para-hydroxylation sites is 1. The number of hydrogen-bond acceptors (Lipinski definition) is 4. The summed E-state index contributed by atoms with van der Waals surface area (Å²) in [5, 5.41) is 0. The molecule has 4 nitrogen and oxygen atoms in total. The van der Waals surface area contributed by atoms with E-state index in [1.807, 2.05) is 60.7 Å². The zero-order chi connectivity index (χ0) is 23.0. The molecule has 0 saturated heterocycles. The molecular formula is C29H22O4. The van der Waals surface area contributed by atoms with Gasteiger partial charge in [0.2, 0.25) is 0 Å². The Labute approximate surface area is 192 Å². The molecule has 0 saturated carbocycles. The second-order valence-corrected chi connectivity index (χ2v) is 7.30. The Kier molecular flexibility index (Phi) is 6.76. The molecule has 0 atom stereocenters. The maximum Gasteiger partial charge on any atom is 0.343 e. The molecule has 33 heavy (non-hydrogen) atoms. The first-order chi connectivity index (χ1) is 16.1. The third-order valence-corrected chi connectivity index (χ3v) is 5.12. The van der Waals surface area contributed by atoms with E-state index in [1.165, 1.54) is 13.2 Å². The highest BCUT2D eigenvalue weighted by atomic mass is 16.5. The number of ether oxygens (including phenoxy) is 2. The third kappa shape index (κ3) is 5.43. The van der Waals surface area contributed by atoms with Gasteiger partial charge < -0.3 is 9.47 Å². The lowest BCUT2D eigenvalue weighted by Gasteiger charge is -2.08. The van der Waals surface area contributed by atoms with Gasteiger partial charge in [-0.2, -0.15) is 0 Å². The van der Waals surface area contributed by atoms with Crippen molar-refractivity contribution in [2.75, 3.05) is 7.11 Å². The van der Waals surface area contributed by atoms with Gasteiger partial charge in [0.15, 0.2) is 5.78 Å². The molecule has 0 aliphatic carbocycles. The van der Waals surface area contributed by atoms with E-state index >= 15 is 0 Å². The van der Waals surface area contributed by atoms with E-state index in [9.17, 15) is 9.59 Å². The van der Waals surface area contributed by atoms with Gasteiger partial charge in [-0.15, -0.1) is 0 Å². The van der Waals surface area contributed by atoms with Gasteiger partial charge in [-0.3, -0.25) is 4.79 Å². The Bertz CT molecular complexity index is 1290. The number of hydrogen-bond donors (Lipinski definition) is 0. The topological polar surface area (TPSA) is 52.6 Å². The molecule has 0 radical (unpaired) electrons. The first-order valence-electron chi connectivity index (χ1n) is 10.5. The molecule has 4 aromatic rings. The summed E-state index contributed by atoms with van der Waals surface area (Å²) in [5.74, 6) is 0.302. The Morgan fingerprint density at radius 2 is 1.39 bits per heavy atom. The van der Waals surface area contributed by atoms with Crippen molar-refractivity contribution in [1.82, 2.24) is 0 Å². The molecule has 0 aliphatic heterocycles. The van der Waals surface area contributed by atoms with Crippen molar-refractivity contribution in [2.24, 2.45) is 0 Å². The fourth-order valence-electron chi connectivity index (χ4n) is 3.34. The van der Waals surface area contributed by atoms with Crippen LogP contribution in [0.2, 0.25) is 0 Å². The molecule has 0 amide bonds. The van der Waals surface area contributed by atoms with Crippen molar-refractivity contribution in [3.8, 4) is 22.6 Å². The summed E-state index contributed by atoms with van der Waals surface area (Å²) >= 11 is 0. The van der Waals surface area contributed by atoms with Gasteiger partial charge in [-0.1, -0.05) is 78.9 Å². The maximum absolute atomic E-state index is 12.7. The SMILES string of the molecule is COc1cccc(C(=O)Oc2ccccc2/C=C/C(=O)c2ccc(-c3ccccc3)cc2)c1. The van der Waals surface area contributed by atoms with E-state index in [1.54, 1.807) is 48.5 Å². The number of allylic oxidation sites excluding steroid dienone is 1. The van der Waals surface area contributed by atoms with Crippen molar-refractivity contribution in [3.05, 3.63) is 126 Å². The minimum atomic E-state index is -0.502. The molecule has 0 unspecified atom stereocenters. The smallest absolute Gasteiger partial charge is 0.343 e. The van der Waals surface area contributed by atoms with Gasteiger partial charge >= 0.3 is 5.97 Å². The van der Waals surface area contributed by atoms with Crippen LogP contribution in [0.25, 0.3) is 17.2 Å². The predicted molar refractivity (Wildman–Crippen MR) is 130 cm³/mol. The van der Waals surface area contributed by atoms with Crippen molar-refractivity contribution >= 4 is 17.8 Å². The van der Waals surface area contributed by atoms with E-state index in [0.717, 1.165) is 11.1 Å². The molecule has 0 fully saturated rings. The number of ketones is 1. The maximum atomic E-state index is 12.7. The largest absolute Gasteiger partial charge is 0.497 e. The van der Waals surface area contributed by atoms with Crippen LogP contribution < -0.4 is 9.47 Å². The van der Waals surface area contributed by atoms with Crippen LogP contribution in [0.4, 0.5) is 0 Å². The summed E-state index contributed by atoms with van der Waals surface area (Å²) < 4.78 is 10.7. The monoisotopic (exact) mass is 434 g/mol. The average Bonchev–Trinajstić information content (AvgIpc) is 2.88. The first-order valence-corrected chi connectivity index (χ1v) is 10.5. The molecule has 0 aromatic heterocycles. The van der Waals surface area contributed by atoms with Gasteiger partial charge in [0.25, 0.3) is 0 Å². The fourth-order valence-corrected chi connectivity index (χ4v) is 3.34. The highest BCUT2D eigenvalue weighted by Gasteiger charge is 2.12. The van der Waals surface area contributed by atoms with Crippen LogP contribution in [0.3, 0.4) is 0 Å².